The first-order chi connectivity index (χ1) is 6.75. The van der Waals surface area contributed by atoms with Crippen LogP contribution in [0.2, 0.25) is 0 Å². The Bertz CT molecular complexity index is 491. The van der Waals surface area contributed by atoms with Crippen LogP contribution in [0.1, 0.15) is 12.0 Å². The second kappa shape index (κ2) is 3.78. The van der Waals surface area contributed by atoms with E-state index in [0.29, 0.717) is 6.20 Å². The van der Waals surface area contributed by atoms with Crippen LogP contribution >= 0.6 is 10.7 Å². The summed E-state index contributed by atoms with van der Waals surface area (Å²) in [5, 5.41) is 9.18. The third-order valence-electron chi connectivity index (χ3n) is 1.54. The van der Waals surface area contributed by atoms with E-state index in [0.717, 1.165) is 0 Å². The Balaban J connectivity index is 3.65. The summed E-state index contributed by atoms with van der Waals surface area (Å²) in [4.78, 5) is 2.09. The average Bonchev–Trinajstić information content (AvgIpc) is 2.06. The van der Waals surface area contributed by atoms with Gasteiger partial charge < -0.3 is 10.8 Å². The Morgan fingerprint density at radius 2 is 2.07 bits per heavy atom. The molecule has 84 valence electrons. The molecule has 0 saturated heterocycles. The highest BCUT2D eigenvalue weighted by Gasteiger charge is 2.27. The summed E-state index contributed by atoms with van der Waals surface area (Å²) in [6, 6.07) is 0. The lowest BCUT2D eigenvalue weighted by Gasteiger charge is -2.08. The van der Waals surface area contributed by atoms with Gasteiger partial charge in [0.25, 0.3) is 15.5 Å². The highest BCUT2D eigenvalue weighted by molar-refractivity contribution is 8.13. The van der Waals surface area contributed by atoms with Crippen LogP contribution in [0.15, 0.2) is 11.1 Å². The summed E-state index contributed by atoms with van der Waals surface area (Å²) < 4.78 is 46.5. The Morgan fingerprint density at radius 3 is 2.47 bits per heavy atom. The van der Waals surface area contributed by atoms with Crippen molar-refractivity contribution < 1.29 is 22.3 Å². The van der Waals surface area contributed by atoms with Gasteiger partial charge in [-0.2, -0.15) is 0 Å². The smallest absolute Gasteiger partial charge is 0.266 e. The third-order valence-corrected chi connectivity index (χ3v) is 2.92. The van der Waals surface area contributed by atoms with Crippen LogP contribution < -0.4 is 5.73 Å². The van der Waals surface area contributed by atoms with Crippen molar-refractivity contribution in [1.29, 1.82) is 0 Å². The maximum absolute atomic E-state index is 12.4. The van der Waals surface area contributed by atoms with Crippen LogP contribution in [0.3, 0.4) is 0 Å². The van der Waals surface area contributed by atoms with Crippen LogP contribution in [0.25, 0.3) is 0 Å². The number of pyridine rings is 1. The number of aromatic nitrogens is 1. The Kier molecular flexibility index (Phi) is 3.00. The molecule has 0 aromatic carbocycles. The van der Waals surface area contributed by atoms with Crippen LogP contribution in [0.4, 0.5) is 14.6 Å². The van der Waals surface area contributed by atoms with Crippen molar-refractivity contribution in [2.75, 3.05) is 5.73 Å². The molecule has 0 aliphatic carbocycles. The SMILES string of the molecule is Nc1ncc(C(F)F)c(S(=O)(=O)Cl)c1O. The van der Waals surface area contributed by atoms with Gasteiger partial charge in [-0.15, -0.1) is 0 Å². The van der Waals surface area contributed by atoms with Crippen molar-refractivity contribution in [2.24, 2.45) is 0 Å². The molecule has 0 aliphatic heterocycles. The number of alkyl halides is 2. The number of hydrogen-bond acceptors (Lipinski definition) is 5. The van der Waals surface area contributed by atoms with Gasteiger partial charge in [0.2, 0.25) is 0 Å². The predicted octanol–water partition coefficient (Wildman–Crippen LogP) is 1.23. The minimum atomic E-state index is -4.51. The maximum atomic E-state index is 12.4. The first-order valence-corrected chi connectivity index (χ1v) is 5.76. The number of halogens is 3. The summed E-state index contributed by atoms with van der Waals surface area (Å²) in [5.74, 6) is -1.65. The monoisotopic (exact) mass is 258 g/mol. The summed E-state index contributed by atoms with van der Waals surface area (Å²) in [6.07, 6.45) is -2.58. The summed E-state index contributed by atoms with van der Waals surface area (Å²) in [7, 11) is 0.371. The molecule has 1 heterocycles. The van der Waals surface area contributed by atoms with Gasteiger partial charge in [-0.3, -0.25) is 0 Å². The fraction of sp³-hybridized carbons (Fsp3) is 0.167. The zero-order valence-electron chi connectivity index (χ0n) is 6.99. The zero-order chi connectivity index (χ0) is 11.8. The van der Waals surface area contributed by atoms with Crippen LogP contribution in [-0.4, -0.2) is 18.5 Å². The molecule has 5 nitrogen and oxygen atoms in total. The van der Waals surface area contributed by atoms with Crippen LogP contribution in [-0.2, 0) is 9.05 Å². The maximum Gasteiger partial charge on any atom is 0.266 e. The van der Waals surface area contributed by atoms with E-state index in [-0.39, 0.29) is 0 Å². The molecule has 0 amide bonds. The van der Waals surface area contributed by atoms with Gasteiger partial charge in [0.05, 0.1) is 5.56 Å². The predicted molar refractivity (Wildman–Crippen MR) is 48.3 cm³/mol. The molecule has 0 saturated carbocycles. The topological polar surface area (TPSA) is 93.3 Å². The first kappa shape index (κ1) is 11.9. The fourth-order valence-corrected chi connectivity index (χ4v) is 2.17. The largest absolute Gasteiger partial charge is 0.503 e. The lowest BCUT2D eigenvalue weighted by atomic mass is 10.3. The number of anilines is 1. The van der Waals surface area contributed by atoms with Crippen molar-refractivity contribution >= 4 is 25.6 Å². The molecular formula is C6H5ClF2N2O3S. The second-order valence-corrected chi connectivity index (χ2v) is 5.02. The van der Waals surface area contributed by atoms with Gasteiger partial charge in [0, 0.05) is 16.9 Å². The molecule has 0 aliphatic rings. The molecule has 0 atom stereocenters. The highest BCUT2D eigenvalue weighted by atomic mass is 35.7. The van der Waals surface area contributed by atoms with Gasteiger partial charge >= 0.3 is 0 Å². The van der Waals surface area contributed by atoms with Crippen LogP contribution in [0.5, 0.6) is 5.75 Å². The van der Waals surface area contributed by atoms with Gasteiger partial charge in [0.1, 0.15) is 4.90 Å². The minimum Gasteiger partial charge on any atom is -0.503 e. The van der Waals surface area contributed by atoms with Gasteiger partial charge in [0.15, 0.2) is 11.6 Å². The molecule has 15 heavy (non-hydrogen) atoms. The Morgan fingerprint density at radius 1 is 1.53 bits per heavy atom. The summed E-state index contributed by atoms with van der Waals surface area (Å²) in [5.41, 5.74) is 4.07. The molecule has 1 aromatic heterocycles. The van der Waals surface area contributed by atoms with Crippen molar-refractivity contribution in [1.82, 2.24) is 4.98 Å². The van der Waals surface area contributed by atoms with Crippen molar-refractivity contribution in [3.63, 3.8) is 0 Å². The first-order valence-electron chi connectivity index (χ1n) is 3.45. The summed E-state index contributed by atoms with van der Waals surface area (Å²) >= 11 is 0. The molecule has 1 aromatic rings. The third kappa shape index (κ3) is 2.26. The molecule has 0 fully saturated rings. The van der Waals surface area contributed by atoms with E-state index in [1.165, 1.54) is 0 Å². The number of rotatable bonds is 2. The van der Waals surface area contributed by atoms with E-state index in [9.17, 15) is 22.3 Å². The highest BCUT2D eigenvalue weighted by Crippen LogP contribution is 2.37. The lowest BCUT2D eigenvalue weighted by Crippen LogP contribution is -2.03. The van der Waals surface area contributed by atoms with Crippen molar-refractivity contribution in [2.45, 2.75) is 11.3 Å². The summed E-state index contributed by atoms with van der Waals surface area (Å²) in [6.45, 7) is 0. The number of nitrogens with two attached hydrogens (primary N) is 1. The number of nitrogens with zero attached hydrogens (tertiary/aromatic N) is 1. The van der Waals surface area contributed by atoms with E-state index in [1.807, 2.05) is 0 Å². The second-order valence-electron chi connectivity index (χ2n) is 2.52. The average molecular weight is 259 g/mol. The molecule has 0 radical (unpaired) electrons. The fourth-order valence-electron chi connectivity index (χ4n) is 0.924. The normalized spacial score (nSPS) is 12.0. The minimum absolute atomic E-state index is 0.551. The zero-order valence-corrected chi connectivity index (χ0v) is 8.56. The number of nitrogen functional groups attached to an aromatic ring is 1. The number of hydrogen-bond donors (Lipinski definition) is 2. The van der Waals surface area contributed by atoms with E-state index >= 15 is 0 Å². The molecule has 1 rings (SSSR count). The molecule has 0 unspecified atom stereocenters. The lowest BCUT2D eigenvalue weighted by molar-refractivity contribution is 0.146. The van der Waals surface area contributed by atoms with Crippen molar-refractivity contribution in [3.8, 4) is 5.75 Å². The molecular weight excluding hydrogens is 254 g/mol. The Hall–Kier alpha value is -1.15. The molecule has 0 bridgehead atoms. The van der Waals surface area contributed by atoms with E-state index in [2.05, 4.69) is 4.98 Å². The standard InChI is InChI=1S/C6H5ClF2N2O3S/c7-15(13,14)4-2(5(8)9)1-11-6(10)3(4)12/h1,5,12H,(H2,10,11). The molecule has 0 spiro atoms. The van der Waals surface area contributed by atoms with Gasteiger partial charge in [-0.25, -0.2) is 22.2 Å². The van der Waals surface area contributed by atoms with Crippen LogP contribution in [0, 0.1) is 0 Å². The van der Waals surface area contributed by atoms with E-state index in [1.54, 1.807) is 0 Å². The van der Waals surface area contributed by atoms with Gasteiger partial charge in [-0.1, -0.05) is 0 Å². The molecule has 3 N–H and O–H groups in total. The molecule has 9 heteroatoms. The Labute approximate surface area is 87.9 Å². The van der Waals surface area contributed by atoms with Gasteiger partial charge in [-0.05, 0) is 0 Å². The number of aromatic hydroxyl groups is 1. The van der Waals surface area contributed by atoms with Crippen molar-refractivity contribution in [3.05, 3.63) is 11.8 Å². The van der Waals surface area contributed by atoms with E-state index < -0.39 is 37.5 Å². The van der Waals surface area contributed by atoms with E-state index in [4.69, 9.17) is 16.4 Å². The quantitative estimate of drug-likeness (QED) is 0.779.